The Labute approximate surface area is 369 Å². The number of hydrogen-bond donors (Lipinski definition) is 0. The predicted octanol–water partition coefficient (Wildman–Crippen LogP) is 14.0. The van der Waals surface area contributed by atoms with Gasteiger partial charge in [0, 0.05) is 50.0 Å². The second-order valence-corrected chi connectivity index (χ2v) is 16.3. The molecule has 11 rings (SSSR count). The van der Waals surface area contributed by atoms with Crippen molar-refractivity contribution in [2.75, 3.05) is 0 Å². The van der Waals surface area contributed by atoms with Crippen molar-refractivity contribution in [2.24, 2.45) is 0 Å². The summed E-state index contributed by atoms with van der Waals surface area (Å²) in [5.41, 5.74) is 15.3. The molecule has 0 amide bonds. The SMILES string of the molecule is Cc1cc(-n2c3ccccc3c3c4oc5c(-c6ccccc6[C@H](C)c6ccc(-c7nc(-c8ccccc8)nc(-c8ccc(C#N)cc8)n7)cc6)c(C)ccc5c4ccc32)ccc1C#N. The van der Waals surface area contributed by atoms with E-state index < -0.39 is 0 Å². The highest BCUT2D eigenvalue weighted by atomic mass is 16.3. The number of rotatable bonds is 7. The van der Waals surface area contributed by atoms with Crippen molar-refractivity contribution in [3.63, 3.8) is 0 Å². The smallest absolute Gasteiger partial charge is 0.164 e. The Morgan fingerprint density at radius 2 is 1.16 bits per heavy atom. The summed E-state index contributed by atoms with van der Waals surface area (Å²) in [6.45, 7) is 6.40. The van der Waals surface area contributed by atoms with Crippen LogP contribution in [0, 0.1) is 36.5 Å². The van der Waals surface area contributed by atoms with E-state index in [1.165, 1.54) is 5.56 Å². The van der Waals surface area contributed by atoms with Gasteiger partial charge < -0.3 is 8.98 Å². The Bertz CT molecular complexity index is 3720. The van der Waals surface area contributed by atoms with Gasteiger partial charge in [-0.25, -0.2) is 15.0 Å². The van der Waals surface area contributed by atoms with E-state index in [0.29, 0.717) is 28.6 Å². The topological polar surface area (TPSA) is 104 Å². The lowest BCUT2D eigenvalue weighted by molar-refractivity contribution is 0.673. The first-order valence-electron chi connectivity index (χ1n) is 21.3. The van der Waals surface area contributed by atoms with Crippen LogP contribution < -0.4 is 0 Å². The second-order valence-electron chi connectivity index (χ2n) is 16.3. The number of aromatic nitrogens is 4. The monoisotopic (exact) mass is 822 g/mol. The van der Waals surface area contributed by atoms with Crippen LogP contribution in [-0.2, 0) is 0 Å². The highest BCUT2D eigenvalue weighted by Gasteiger charge is 2.24. The third-order valence-electron chi connectivity index (χ3n) is 12.5. The summed E-state index contributed by atoms with van der Waals surface area (Å²) >= 11 is 0. The number of para-hydroxylation sites is 1. The Balaban J connectivity index is 1.00. The van der Waals surface area contributed by atoms with Gasteiger partial charge in [0.25, 0.3) is 0 Å². The normalized spacial score (nSPS) is 11.9. The summed E-state index contributed by atoms with van der Waals surface area (Å²) in [5.74, 6) is 1.74. The Kier molecular flexibility index (Phi) is 9.19. The van der Waals surface area contributed by atoms with E-state index in [4.69, 9.17) is 19.4 Å². The van der Waals surface area contributed by atoms with E-state index in [1.807, 2.05) is 61.5 Å². The third kappa shape index (κ3) is 6.30. The van der Waals surface area contributed by atoms with Gasteiger partial charge in [-0.15, -0.1) is 0 Å². The van der Waals surface area contributed by atoms with Crippen molar-refractivity contribution in [3.8, 4) is 63.1 Å². The van der Waals surface area contributed by atoms with Crippen molar-refractivity contribution in [1.82, 2.24) is 19.5 Å². The number of nitrogens with zero attached hydrogens (tertiary/aromatic N) is 6. The molecule has 1 atom stereocenters. The summed E-state index contributed by atoms with van der Waals surface area (Å²) in [6.07, 6.45) is 0. The molecule has 0 radical (unpaired) electrons. The van der Waals surface area contributed by atoms with Crippen LogP contribution in [0.4, 0.5) is 0 Å². The number of furan rings is 1. The molecule has 7 nitrogen and oxygen atoms in total. The maximum absolute atomic E-state index is 9.66. The number of nitriles is 2. The number of benzene rings is 8. The van der Waals surface area contributed by atoms with E-state index in [-0.39, 0.29) is 5.92 Å². The molecule has 0 aliphatic carbocycles. The lowest BCUT2D eigenvalue weighted by Gasteiger charge is -2.19. The lowest BCUT2D eigenvalue weighted by atomic mass is 9.85. The zero-order chi connectivity index (χ0) is 43.5. The molecule has 3 aromatic heterocycles. The van der Waals surface area contributed by atoms with E-state index in [0.717, 1.165) is 93.9 Å². The summed E-state index contributed by atoms with van der Waals surface area (Å²) in [6, 6.07) is 62.2. The van der Waals surface area contributed by atoms with Gasteiger partial charge in [0.1, 0.15) is 11.2 Å². The molecule has 0 aliphatic heterocycles. The number of aryl methyl sites for hydroxylation is 2. The first kappa shape index (κ1) is 38.3. The molecule has 11 aromatic rings. The van der Waals surface area contributed by atoms with Crippen molar-refractivity contribution in [3.05, 3.63) is 203 Å². The van der Waals surface area contributed by atoms with Gasteiger partial charge in [-0.2, -0.15) is 10.5 Å². The van der Waals surface area contributed by atoms with Crippen LogP contribution in [0.1, 0.15) is 46.2 Å². The van der Waals surface area contributed by atoms with E-state index in [9.17, 15) is 10.5 Å². The highest BCUT2D eigenvalue weighted by molar-refractivity contribution is 6.25. The maximum Gasteiger partial charge on any atom is 0.164 e. The number of hydrogen-bond acceptors (Lipinski definition) is 6. The molecule has 0 aliphatic rings. The third-order valence-corrected chi connectivity index (χ3v) is 12.5. The minimum absolute atomic E-state index is 0.0392. The van der Waals surface area contributed by atoms with Crippen LogP contribution in [0.25, 0.3) is 94.7 Å². The van der Waals surface area contributed by atoms with Gasteiger partial charge in [-0.05, 0) is 102 Å². The molecule has 0 unspecified atom stereocenters. The summed E-state index contributed by atoms with van der Waals surface area (Å²) in [4.78, 5) is 14.7. The van der Waals surface area contributed by atoms with Crippen molar-refractivity contribution in [1.29, 1.82) is 10.5 Å². The molecule has 64 heavy (non-hydrogen) atoms. The van der Waals surface area contributed by atoms with Gasteiger partial charge in [-0.3, -0.25) is 0 Å². The van der Waals surface area contributed by atoms with Gasteiger partial charge in [0.15, 0.2) is 17.5 Å². The summed E-state index contributed by atoms with van der Waals surface area (Å²) in [5, 5.41) is 23.4. The zero-order valence-corrected chi connectivity index (χ0v) is 35.3. The first-order valence-corrected chi connectivity index (χ1v) is 21.3. The quantitative estimate of drug-likeness (QED) is 0.159. The fourth-order valence-corrected chi connectivity index (χ4v) is 9.22. The average Bonchev–Trinajstić information content (AvgIpc) is 3.90. The van der Waals surface area contributed by atoms with Gasteiger partial charge >= 0.3 is 0 Å². The zero-order valence-electron chi connectivity index (χ0n) is 35.3. The van der Waals surface area contributed by atoms with Crippen molar-refractivity contribution >= 4 is 43.7 Å². The van der Waals surface area contributed by atoms with Crippen LogP contribution in [0.5, 0.6) is 0 Å². The molecule has 0 fully saturated rings. The molecule has 0 N–H and O–H groups in total. The molecule has 302 valence electrons. The fraction of sp³-hybridized carbons (Fsp3) is 0.0702. The van der Waals surface area contributed by atoms with Crippen LogP contribution in [0.15, 0.2) is 174 Å². The fourth-order valence-electron chi connectivity index (χ4n) is 9.22. The molecule has 0 spiro atoms. The largest absolute Gasteiger partial charge is 0.455 e. The van der Waals surface area contributed by atoms with Crippen LogP contribution in [0.3, 0.4) is 0 Å². The number of fused-ring (bicyclic) bond motifs is 7. The molecule has 0 bridgehead atoms. The first-order chi connectivity index (χ1) is 31.4. The van der Waals surface area contributed by atoms with Crippen molar-refractivity contribution in [2.45, 2.75) is 26.7 Å². The molecule has 8 aromatic carbocycles. The molecular formula is C57H38N6O. The second kappa shape index (κ2) is 15.4. The molecule has 0 saturated carbocycles. The maximum atomic E-state index is 9.66. The Morgan fingerprint density at radius 3 is 1.86 bits per heavy atom. The van der Waals surface area contributed by atoms with Crippen LogP contribution in [0.2, 0.25) is 0 Å². The molecule has 3 heterocycles. The Morgan fingerprint density at radius 1 is 0.531 bits per heavy atom. The standard InChI is InChI=1S/C57H38N6O/c1-34-17-28-46-47-29-30-50-52(48-15-9-10-16-49(48)63(50)43-27-26-42(33-59)35(2)31-43)54(47)64-53(46)51(34)45-14-8-7-13-44(45)36(3)38-22-24-41(25-23-38)57-61-55(39-11-5-4-6-12-39)60-56(62-57)40-20-18-37(32-58)19-21-40/h4-31,36H,1-3H3/t36-/m1/s1. The highest BCUT2D eigenvalue weighted by Crippen LogP contribution is 2.45. The van der Waals surface area contributed by atoms with Crippen LogP contribution >= 0.6 is 0 Å². The summed E-state index contributed by atoms with van der Waals surface area (Å²) < 4.78 is 9.43. The lowest BCUT2D eigenvalue weighted by Crippen LogP contribution is -2.02. The minimum Gasteiger partial charge on any atom is -0.455 e. The van der Waals surface area contributed by atoms with Gasteiger partial charge in [0.2, 0.25) is 0 Å². The van der Waals surface area contributed by atoms with Crippen LogP contribution in [-0.4, -0.2) is 19.5 Å². The van der Waals surface area contributed by atoms with Gasteiger partial charge in [-0.1, -0.05) is 116 Å². The van der Waals surface area contributed by atoms with Crippen molar-refractivity contribution < 1.29 is 4.42 Å². The summed E-state index contributed by atoms with van der Waals surface area (Å²) in [7, 11) is 0. The van der Waals surface area contributed by atoms with E-state index in [2.05, 4.69) is 134 Å². The van der Waals surface area contributed by atoms with E-state index >= 15 is 0 Å². The molecule has 7 heteroatoms. The molecule has 0 saturated heterocycles. The minimum atomic E-state index is 0.0392. The average molecular weight is 823 g/mol. The predicted molar refractivity (Wildman–Crippen MR) is 256 cm³/mol. The van der Waals surface area contributed by atoms with Gasteiger partial charge in [0.05, 0.1) is 39.7 Å². The van der Waals surface area contributed by atoms with E-state index in [1.54, 1.807) is 12.1 Å². The molecular weight excluding hydrogens is 785 g/mol. The Hall–Kier alpha value is -8.65.